The van der Waals surface area contributed by atoms with Crippen molar-refractivity contribution in [1.82, 2.24) is 5.06 Å². The van der Waals surface area contributed by atoms with Crippen LogP contribution in [0.5, 0.6) is 0 Å². The van der Waals surface area contributed by atoms with Gasteiger partial charge in [0.15, 0.2) is 0 Å². The zero-order chi connectivity index (χ0) is 12.1. The largest absolute Gasteiger partial charge is 0.274 e. The molecule has 0 aliphatic rings. The van der Waals surface area contributed by atoms with Gasteiger partial charge in [-0.25, -0.2) is 9.45 Å². The quantitative estimate of drug-likeness (QED) is 0.632. The predicted octanol–water partition coefficient (Wildman–Crippen LogP) is 2.62. The second kappa shape index (κ2) is 5.77. The van der Waals surface area contributed by atoms with E-state index >= 15 is 0 Å². The van der Waals surface area contributed by atoms with Crippen LogP contribution in [-0.4, -0.2) is 25.1 Å². The van der Waals surface area contributed by atoms with E-state index in [0.717, 1.165) is 10.6 Å². The molecule has 16 heavy (non-hydrogen) atoms. The van der Waals surface area contributed by atoms with Crippen molar-refractivity contribution < 1.29 is 14.0 Å². The number of carbonyl (C=O) groups excluding carboxylic acids is 1. The first-order valence-electron chi connectivity index (χ1n) is 4.49. The third kappa shape index (κ3) is 3.43. The predicted molar refractivity (Wildman–Crippen MR) is 62.9 cm³/mol. The maximum atomic E-state index is 12.9. The van der Waals surface area contributed by atoms with Crippen LogP contribution >= 0.6 is 15.9 Å². The summed E-state index contributed by atoms with van der Waals surface area (Å²) in [6.45, 7) is 0. The molecule has 3 nitrogen and oxygen atoms in total. The zero-order valence-corrected chi connectivity index (χ0v) is 10.5. The fraction of sp³-hybridized carbons (Fsp3) is 0.182. The van der Waals surface area contributed by atoms with Crippen molar-refractivity contribution in [2.75, 3.05) is 14.2 Å². The van der Waals surface area contributed by atoms with E-state index in [9.17, 15) is 9.18 Å². The molecule has 5 heteroatoms. The fourth-order valence-corrected chi connectivity index (χ4v) is 1.37. The maximum absolute atomic E-state index is 12.9. The molecule has 0 aromatic heterocycles. The molecule has 0 heterocycles. The summed E-state index contributed by atoms with van der Waals surface area (Å²) in [5, 5.41) is 1.09. The van der Waals surface area contributed by atoms with Crippen LogP contribution in [0.15, 0.2) is 28.7 Å². The van der Waals surface area contributed by atoms with E-state index in [1.54, 1.807) is 18.2 Å². The van der Waals surface area contributed by atoms with Gasteiger partial charge in [-0.3, -0.25) is 9.63 Å². The minimum absolute atomic E-state index is 0.289. The number of hydroxylamine groups is 2. The molecule has 1 aromatic carbocycles. The third-order valence-electron chi connectivity index (χ3n) is 1.95. The van der Waals surface area contributed by atoms with Crippen molar-refractivity contribution in [3.63, 3.8) is 0 Å². The summed E-state index contributed by atoms with van der Waals surface area (Å²) in [5.74, 6) is -0.625. The Balaban J connectivity index is 2.77. The monoisotopic (exact) mass is 287 g/mol. The van der Waals surface area contributed by atoms with E-state index < -0.39 is 0 Å². The SMILES string of the molecule is CON(C)C(=O)/C=C/c1ccc(F)c(Br)c1. The molecular formula is C11H11BrFNO2. The summed E-state index contributed by atoms with van der Waals surface area (Å²) in [7, 11) is 2.91. The number of halogens is 2. The Hall–Kier alpha value is -1.20. The van der Waals surface area contributed by atoms with Crippen LogP contribution in [0.3, 0.4) is 0 Å². The van der Waals surface area contributed by atoms with E-state index in [-0.39, 0.29) is 11.7 Å². The molecule has 0 saturated carbocycles. The van der Waals surface area contributed by atoms with Gasteiger partial charge in [0.2, 0.25) is 0 Å². The molecule has 1 amide bonds. The molecule has 0 saturated heterocycles. The van der Waals surface area contributed by atoms with Crippen molar-refractivity contribution in [2.24, 2.45) is 0 Å². The number of amides is 1. The molecule has 0 aliphatic heterocycles. The molecule has 0 bridgehead atoms. The zero-order valence-electron chi connectivity index (χ0n) is 8.91. The van der Waals surface area contributed by atoms with Crippen LogP contribution in [0.25, 0.3) is 6.08 Å². The molecule has 0 unspecified atom stereocenters. The van der Waals surface area contributed by atoms with Crippen molar-refractivity contribution in [3.05, 3.63) is 40.1 Å². The van der Waals surface area contributed by atoms with Crippen LogP contribution in [0, 0.1) is 5.82 Å². The number of carbonyl (C=O) groups is 1. The van der Waals surface area contributed by atoms with Gasteiger partial charge in [0.05, 0.1) is 11.6 Å². The first kappa shape index (κ1) is 12.9. The summed E-state index contributed by atoms with van der Waals surface area (Å²) in [4.78, 5) is 16.0. The van der Waals surface area contributed by atoms with Crippen molar-refractivity contribution in [1.29, 1.82) is 0 Å². The van der Waals surface area contributed by atoms with E-state index in [2.05, 4.69) is 15.9 Å². The van der Waals surface area contributed by atoms with Crippen LogP contribution in [0.2, 0.25) is 0 Å². The van der Waals surface area contributed by atoms with Gasteiger partial charge in [0.25, 0.3) is 5.91 Å². The van der Waals surface area contributed by atoms with Gasteiger partial charge in [-0.15, -0.1) is 0 Å². The number of nitrogens with zero attached hydrogens (tertiary/aromatic N) is 1. The van der Waals surface area contributed by atoms with Gasteiger partial charge < -0.3 is 0 Å². The molecule has 0 N–H and O–H groups in total. The van der Waals surface area contributed by atoms with Crippen LogP contribution in [-0.2, 0) is 9.63 Å². The van der Waals surface area contributed by atoms with Crippen LogP contribution in [0.4, 0.5) is 4.39 Å². The molecular weight excluding hydrogens is 277 g/mol. The minimum atomic E-state index is -0.336. The topological polar surface area (TPSA) is 29.5 Å². The molecule has 86 valence electrons. The van der Waals surface area contributed by atoms with Gasteiger partial charge in [-0.2, -0.15) is 0 Å². The smallest absolute Gasteiger partial charge is 0.269 e. The van der Waals surface area contributed by atoms with E-state index in [1.807, 2.05) is 0 Å². The molecule has 0 atom stereocenters. The van der Waals surface area contributed by atoms with Crippen molar-refractivity contribution >= 4 is 27.9 Å². The third-order valence-corrected chi connectivity index (χ3v) is 2.55. The molecule has 0 fully saturated rings. The Bertz CT molecular complexity index is 420. The number of hydrogen-bond acceptors (Lipinski definition) is 2. The van der Waals surface area contributed by atoms with Crippen LogP contribution < -0.4 is 0 Å². The highest BCUT2D eigenvalue weighted by Gasteiger charge is 2.02. The van der Waals surface area contributed by atoms with Gasteiger partial charge in [0.1, 0.15) is 5.82 Å². The van der Waals surface area contributed by atoms with E-state index in [4.69, 9.17) is 4.84 Å². The molecule has 0 radical (unpaired) electrons. The van der Waals surface area contributed by atoms with E-state index in [0.29, 0.717) is 4.47 Å². The van der Waals surface area contributed by atoms with Gasteiger partial charge >= 0.3 is 0 Å². The second-order valence-corrected chi connectivity index (χ2v) is 3.88. The lowest BCUT2D eigenvalue weighted by Crippen LogP contribution is -2.22. The average Bonchev–Trinajstić information content (AvgIpc) is 2.29. The van der Waals surface area contributed by atoms with Crippen LogP contribution in [0.1, 0.15) is 5.56 Å². The lowest BCUT2D eigenvalue weighted by molar-refractivity contribution is -0.162. The average molecular weight is 288 g/mol. The Morgan fingerprint density at radius 3 is 2.81 bits per heavy atom. The lowest BCUT2D eigenvalue weighted by atomic mass is 10.2. The summed E-state index contributed by atoms with van der Waals surface area (Å²) in [6.07, 6.45) is 2.94. The summed E-state index contributed by atoms with van der Waals surface area (Å²) in [5.41, 5.74) is 0.728. The van der Waals surface area contributed by atoms with Gasteiger partial charge in [-0.1, -0.05) is 6.07 Å². The molecule has 0 spiro atoms. The molecule has 0 aliphatic carbocycles. The normalized spacial score (nSPS) is 10.8. The summed E-state index contributed by atoms with van der Waals surface area (Å²) >= 11 is 3.07. The van der Waals surface area contributed by atoms with Gasteiger partial charge in [-0.05, 0) is 39.7 Å². The fourth-order valence-electron chi connectivity index (χ4n) is 0.979. The standard InChI is InChI=1S/C11H11BrFNO2/c1-14(16-2)11(15)6-4-8-3-5-10(13)9(12)7-8/h3-7H,1-2H3/b6-4+. The molecule has 1 rings (SSSR count). The van der Waals surface area contributed by atoms with Crippen molar-refractivity contribution in [2.45, 2.75) is 0 Å². The molecule has 1 aromatic rings. The first-order chi connectivity index (χ1) is 7.54. The van der Waals surface area contributed by atoms with E-state index in [1.165, 1.54) is 26.3 Å². The minimum Gasteiger partial charge on any atom is -0.274 e. The highest BCUT2D eigenvalue weighted by atomic mass is 79.9. The highest BCUT2D eigenvalue weighted by Crippen LogP contribution is 2.17. The Morgan fingerprint density at radius 1 is 1.56 bits per heavy atom. The number of likely N-dealkylation sites (N-methyl/N-ethyl adjacent to an activating group) is 1. The Kier molecular flexibility index (Phi) is 4.64. The Labute approximate surface area is 102 Å². The van der Waals surface area contributed by atoms with Crippen molar-refractivity contribution in [3.8, 4) is 0 Å². The second-order valence-electron chi connectivity index (χ2n) is 3.03. The lowest BCUT2D eigenvalue weighted by Gasteiger charge is -2.09. The first-order valence-corrected chi connectivity index (χ1v) is 5.29. The summed E-state index contributed by atoms with van der Waals surface area (Å²) < 4.78 is 13.3. The maximum Gasteiger partial charge on any atom is 0.269 e. The van der Waals surface area contributed by atoms with Gasteiger partial charge in [0, 0.05) is 13.1 Å². The number of benzene rings is 1. The number of hydrogen-bond donors (Lipinski definition) is 0. The number of rotatable bonds is 3. The highest BCUT2D eigenvalue weighted by molar-refractivity contribution is 9.10. The summed E-state index contributed by atoms with van der Waals surface area (Å²) in [6, 6.07) is 4.50. The Morgan fingerprint density at radius 2 is 2.25 bits per heavy atom.